The minimum atomic E-state index is 0.453. The third kappa shape index (κ3) is 2.22. The van der Waals surface area contributed by atoms with Gasteiger partial charge in [0.2, 0.25) is 0 Å². The van der Waals surface area contributed by atoms with Crippen LogP contribution in [-0.4, -0.2) is 4.98 Å². The number of hydrogen-bond acceptors (Lipinski definition) is 3. The molecule has 1 aromatic carbocycles. The number of fused-ring (bicyclic) bond motifs is 1. The highest BCUT2D eigenvalue weighted by atomic mass is 14.9. The second-order valence-corrected chi connectivity index (χ2v) is 4.79. The van der Waals surface area contributed by atoms with Crippen LogP contribution < -0.4 is 11.1 Å². The molecule has 1 aromatic heterocycles. The lowest BCUT2D eigenvalue weighted by atomic mass is 10.1. The second-order valence-electron chi connectivity index (χ2n) is 4.79. The van der Waals surface area contributed by atoms with Gasteiger partial charge in [-0.1, -0.05) is 6.07 Å². The Morgan fingerprint density at radius 3 is 2.89 bits per heavy atom. The quantitative estimate of drug-likeness (QED) is 0.809. The summed E-state index contributed by atoms with van der Waals surface area (Å²) in [7, 11) is 0. The number of nitrogens with zero attached hydrogens (tertiary/aromatic N) is 1. The van der Waals surface area contributed by atoms with Crippen molar-refractivity contribution in [3.05, 3.63) is 59.4 Å². The van der Waals surface area contributed by atoms with Crippen LogP contribution in [0.25, 0.3) is 0 Å². The molecule has 3 rings (SSSR count). The molecule has 18 heavy (non-hydrogen) atoms. The standard InChI is InChI=1S/C15H17N3/c16-13-2-3-14-12(9-13)1-4-15(14)18-10-11-5-7-17-8-6-11/h2-3,5-9,15,18H,1,4,10,16H2. The van der Waals surface area contributed by atoms with Crippen molar-refractivity contribution in [3.63, 3.8) is 0 Å². The minimum absolute atomic E-state index is 0.453. The molecule has 0 amide bonds. The van der Waals surface area contributed by atoms with Crippen LogP contribution in [0, 0.1) is 0 Å². The number of nitrogen functional groups attached to an aromatic ring is 1. The summed E-state index contributed by atoms with van der Waals surface area (Å²) in [6, 6.07) is 10.8. The Balaban J connectivity index is 1.70. The van der Waals surface area contributed by atoms with E-state index >= 15 is 0 Å². The summed E-state index contributed by atoms with van der Waals surface area (Å²) in [6.07, 6.45) is 5.94. The molecule has 1 heterocycles. The van der Waals surface area contributed by atoms with E-state index in [4.69, 9.17) is 5.73 Å². The van der Waals surface area contributed by atoms with Crippen molar-refractivity contribution in [2.24, 2.45) is 0 Å². The van der Waals surface area contributed by atoms with Gasteiger partial charge in [-0.15, -0.1) is 0 Å². The number of aryl methyl sites for hydroxylation is 1. The van der Waals surface area contributed by atoms with Crippen LogP contribution in [0.3, 0.4) is 0 Å². The zero-order valence-electron chi connectivity index (χ0n) is 10.3. The fraction of sp³-hybridized carbons (Fsp3) is 0.267. The van der Waals surface area contributed by atoms with Crippen LogP contribution >= 0.6 is 0 Å². The van der Waals surface area contributed by atoms with E-state index in [0.717, 1.165) is 25.1 Å². The molecule has 0 fully saturated rings. The van der Waals surface area contributed by atoms with Crippen molar-refractivity contribution in [2.45, 2.75) is 25.4 Å². The van der Waals surface area contributed by atoms with E-state index in [-0.39, 0.29) is 0 Å². The van der Waals surface area contributed by atoms with E-state index in [1.54, 1.807) is 0 Å². The predicted octanol–water partition coefficient (Wildman–Crippen LogP) is 2.44. The lowest BCUT2D eigenvalue weighted by molar-refractivity contribution is 0.530. The molecule has 1 aliphatic carbocycles. The van der Waals surface area contributed by atoms with Crippen LogP contribution in [0.1, 0.15) is 29.2 Å². The first-order valence-electron chi connectivity index (χ1n) is 6.33. The maximum absolute atomic E-state index is 5.81. The zero-order chi connectivity index (χ0) is 12.4. The molecule has 0 aliphatic heterocycles. The highest BCUT2D eigenvalue weighted by molar-refractivity contribution is 5.47. The van der Waals surface area contributed by atoms with Gasteiger partial charge in [-0.2, -0.15) is 0 Å². The molecule has 3 N–H and O–H groups in total. The van der Waals surface area contributed by atoms with Crippen molar-refractivity contribution in [1.29, 1.82) is 0 Å². The van der Waals surface area contributed by atoms with E-state index in [1.165, 1.54) is 16.7 Å². The van der Waals surface area contributed by atoms with Crippen LogP contribution in [-0.2, 0) is 13.0 Å². The van der Waals surface area contributed by atoms with Gasteiger partial charge in [0.1, 0.15) is 0 Å². The fourth-order valence-electron chi connectivity index (χ4n) is 2.59. The number of hydrogen-bond donors (Lipinski definition) is 2. The van der Waals surface area contributed by atoms with E-state index in [9.17, 15) is 0 Å². The first-order valence-corrected chi connectivity index (χ1v) is 6.33. The second kappa shape index (κ2) is 4.78. The van der Waals surface area contributed by atoms with E-state index < -0.39 is 0 Å². The van der Waals surface area contributed by atoms with Crippen molar-refractivity contribution in [3.8, 4) is 0 Å². The van der Waals surface area contributed by atoms with Gasteiger partial charge in [-0.25, -0.2) is 0 Å². The molecule has 0 spiro atoms. The fourth-order valence-corrected chi connectivity index (χ4v) is 2.59. The molecule has 0 radical (unpaired) electrons. The number of aromatic nitrogens is 1. The summed E-state index contributed by atoms with van der Waals surface area (Å²) in [6.45, 7) is 0.886. The predicted molar refractivity (Wildman–Crippen MR) is 73.0 cm³/mol. The van der Waals surface area contributed by atoms with Gasteiger partial charge in [-0.05, 0) is 53.8 Å². The van der Waals surface area contributed by atoms with Crippen molar-refractivity contribution >= 4 is 5.69 Å². The van der Waals surface area contributed by atoms with Crippen LogP contribution in [0.2, 0.25) is 0 Å². The van der Waals surface area contributed by atoms with Crippen molar-refractivity contribution in [1.82, 2.24) is 10.3 Å². The Morgan fingerprint density at radius 2 is 2.06 bits per heavy atom. The SMILES string of the molecule is Nc1ccc2c(c1)CCC2NCc1ccncc1. The number of nitrogens with one attached hydrogen (secondary N) is 1. The van der Waals surface area contributed by atoms with Gasteiger partial charge in [0.05, 0.1) is 0 Å². The molecule has 0 saturated heterocycles. The van der Waals surface area contributed by atoms with Gasteiger partial charge in [-0.3, -0.25) is 4.98 Å². The van der Waals surface area contributed by atoms with Gasteiger partial charge in [0, 0.05) is 30.7 Å². The topological polar surface area (TPSA) is 50.9 Å². The number of rotatable bonds is 3. The smallest absolute Gasteiger partial charge is 0.0329 e. The molecule has 1 aliphatic rings. The third-order valence-electron chi connectivity index (χ3n) is 3.55. The molecule has 1 unspecified atom stereocenters. The average molecular weight is 239 g/mol. The Kier molecular flexibility index (Phi) is 2.99. The van der Waals surface area contributed by atoms with Gasteiger partial charge < -0.3 is 11.1 Å². The number of benzene rings is 1. The van der Waals surface area contributed by atoms with Gasteiger partial charge in [0.25, 0.3) is 0 Å². The first-order chi connectivity index (χ1) is 8.83. The van der Waals surface area contributed by atoms with Crippen LogP contribution in [0.5, 0.6) is 0 Å². The Bertz CT molecular complexity index is 537. The summed E-state index contributed by atoms with van der Waals surface area (Å²) in [4.78, 5) is 4.03. The maximum atomic E-state index is 5.81. The van der Waals surface area contributed by atoms with E-state index in [2.05, 4.69) is 22.4 Å². The Hall–Kier alpha value is -1.87. The van der Waals surface area contributed by atoms with Gasteiger partial charge in [0.15, 0.2) is 0 Å². The molecular weight excluding hydrogens is 222 g/mol. The average Bonchev–Trinajstić information content (AvgIpc) is 2.80. The van der Waals surface area contributed by atoms with Crippen LogP contribution in [0.15, 0.2) is 42.7 Å². The van der Waals surface area contributed by atoms with Crippen LogP contribution in [0.4, 0.5) is 5.69 Å². The summed E-state index contributed by atoms with van der Waals surface area (Å²) in [5.74, 6) is 0. The Morgan fingerprint density at radius 1 is 1.22 bits per heavy atom. The van der Waals surface area contributed by atoms with Crippen molar-refractivity contribution in [2.75, 3.05) is 5.73 Å². The number of nitrogens with two attached hydrogens (primary N) is 1. The highest BCUT2D eigenvalue weighted by Gasteiger charge is 2.21. The maximum Gasteiger partial charge on any atom is 0.0329 e. The molecule has 0 bridgehead atoms. The molecule has 2 aromatic rings. The molecule has 3 nitrogen and oxygen atoms in total. The summed E-state index contributed by atoms with van der Waals surface area (Å²) in [5.41, 5.74) is 10.7. The van der Waals surface area contributed by atoms with Gasteiger partial charge >= 0.3 is 0 Å². The number of pyridine rings is 1. The zero-order valence-corrected chi connectivity index (χ0v) is 10.3. The summed E-state index contributed by atoms with van der Waals surface area (Å²) >= 11 is 0. The third-order valence-corrected chi connectivity index (χ3v) is 3.55. The molecule has 3 heteroatoms. The molecule has 1 atom stereocenters. The lowest BCUT2D eigenvalue weighted by Crippen LogP contribution is -2.18. The van der Waals surface area contributed by atoms with Crippen molar-refractivity contribution < 1.29 is 0 Å². The van der Waals surface area contributed by atoms with E-state index in [0.29, 0.717) is 6.04 Å². The lowest BCUT2D eigenvalue weighted by Gasteiger charge is -2.14. The largest absolute Gasteiger partial charge is 0.399 e. The first kappa shape index (κ1) is 11.2. The molecular formula is C15H17N3. The van der Waals surface area contributed by atoms with E-state index in [1.807, 2.05) is 30.6 Å². The molecule has 92 valence electrons. The normalized spacial score (nSPS) is 17.7. The monoisotopic (exact) mass is 239 g/mol. The summed E-state index contributed by atoms with van der Waals surface area (Å²) in [5, 5.41) is 3.60. The Labute approximate surface area is 107 Å². The summed E-state index contributed by atoms with van der Waals surface area (Å²) < 4.78 is 0. The minimum Gasteiger partial charge on any atom is -0.399 e. The number of anilines is 1. The molecule has 0 saturated carbocycles. The highest BCUT2D eigenvalue weighted by Crippen LogP contribution is 2.32.